The molecule has 1 unspecified atom stereocenters. The lowest BCUT2D eigenvalue weighted by Crippen LogP contribution is -2.47. The highest BCUT2D eigenvalue weighted by molar-refractivity contribution is 5.97. The average molecular weight is 520 g/mol. The number of Topliss-reactive ketones (excluding diaryl/α,β-unsaturated/α-hetero) is 2. The fourth-order valence-corrected chi connectivity index (χ4v) is 5.36. The summed E-state index contributed by atoms with van der Waals surface area (Å²) in [7, 11) is 0. The molecule has 0 aromatic heterocycles. The van der Waals surface area contributed by atoms with Crippen molar-refractivity contribution < 1.29 is 33.8 Å². The van der Waals surface area contributed by atoms with Crippen molar-refractivity contribution in [2.24, 2.45) is 23.2 Å². The van der Waals surface area contributed by atoms with Crippen LogP contribution >= 0.6 is 0 Å². The van der Waals surface area contributed by atoms with Crippen LogP contribution in [0.15, 0.2) is 25.3 Å². The summed E-state index contributed by atoms with van der Waals surface area (Å²) >= 11 is 0. The van der Waals surface area contributed by atoms with E-state index in [0.29, 0.717) is 19.3 Å². The molecule has 0 aromatic rings. The second-order valence-electron chi connectivity index (χ2n) is 11.4. The Morgan fingerprint density at radius 1 is 1.11 bits per heavy atom. The summed E-state index contributed by atoms with van der Waals surface area (Å²) in [4.78, 5) is 52.4. The van der Waals surface area contributed by atoms with Crippen LogP contribution in [0.3, 0.4) is 0 Å². The number of hydrogen-bond acceptors (Lipinski definition) is 7. The number of nitrogens with one attached hydrogen (secondary N) is 1. The van der Waals surface area contributed by atoms with Gasteiger partial charge in [-0.1, -0.05) is 25.0 Å². The van der Waals surface area contributed by atoms with Crippen molar-refractivity contribution in [2.45, 2.75) is 103 Å². The fourth-order valence-electron chi connectivity index (χ4n) is 5.36. The van der Waals surface area contributed by atoms with E-state index in [1.54, 1.807) is 33.8 Å². The van der Waals surface area contributed by atoms with Gasteiger partial charge in [-0.2, -0.15) is 0 Å². The fraction of sp³-hybridized carbons (Fsp3) is 0.724. The third-order valence-electron chi connectivity index (χ3n) is 7.34. The minimum Gasteiger partial charge on any atom is -0.466 e. The van der Waals surface area contributed by atoms with E-state index < -0.39 is 47.1 Å². The third-order valence-corrected chi connectivity index (χ3v) is 7.34. The summed E-state index contributed by atoms with van der Waals surface area (Å²) in [5.74, 6) is -2.52. The summed E-state index contributed by atoms with van der Waals surface area (Å²) in [6.45, 7) is 14.7. The number of carbonyl (C=O) groups is 4. The molecule has 1 amide bonds. The molecular weight excluding hydrogens is 474 g/mol. The van der Waals surface area contributed by atoms with Gasteiger partial charge in [0.1, 0.15) is 11.4 Å². The number of allylic oxidation sites excluding steroid dienone is 2. The van der Waals surface area contributed by atoms with Gasteiger partial charge in [0.05, 0.1) is 24.2 Å². The number of aliphatic hydroxyl groups excluding tert-OH is 1. The number of ketones is 2. The van der Waals surface area contributed by atoms with E-state index in [9.17, 15) is 24.3 Å². The molecule has 2 aliphatic carbocycles. The number of amides is 1. The molecule has 2 rings (SSSR count). The number of carbonyl (C=O) groups excluding carboxylic acids is 4. The number of ether oxygens (including phenoxy) is 2. The number of unbranched alkanes of at least 4 members (excludes halogenated alkanes) is 3. The smallest absolute Gasteiger partial charge is 0.408 e. The second kappa shape index (κ2) is 13.4. The first-order chi connectivity index (χ1) is 17.4. The zero-order valence-electron chi connectivity index (χ0n) is 22.9. The summed E-state index contributed by atoms with van der Waals surface area (Å²) < 4.78 is 10.6. The Hall–Kier alpha value is -2.48. The summed E-state index contributed by atoms with van der Waals surface area (Å²) in [5, 5.41) is 13.1. The number of rotatable bonds is 15. The van der Waals surface area contributed by atoms with Crippen LogP contribution in [-0.4, -0.2) is 53.1 Å². The maximum absolute atomic E-state index is 13.7. The monoisotopic (exact) mass is 519 g/mol. The van der Waals surface area contributed by atoms with E-state index in [1.807, 2.05) is 6.08 Å². The minimum atomic E-state index is -0.935. The number of esters is 1. The molecular formula is C29H45NO7. The van der Waals surface area contributed by atoms with Gasteiger partial charge < -0.3 is 19.9 Å². The molecule has 0 bridgehead atoms. The predicted molar refractivity (Wildman–Crippen MR) is 141 cm³/mol. The highest BCUT2D eigenvalue weighted by Crippen LogP contribution is 2.58. The Kier molecular flexibility index (Phi) is 11.1. The summed E-state index contributed by atoms with van der Waals surface area (Å²) in [6, 6.07) is -0.829. The number of aliphatic hydroxyl groups is 1. The van der Waals surface area contributed by atoms with Crippen molar-refractivity contribution >= 4 is 23.6 Å². The highest BCUT2D eigenvalue weighted by Gasteiger charge is 2.61. The van der Waals surface area contributed by atoms with Crippen molar-refractivity contribution in [3.63, 3.8) is 0 Å². The van der Waals surface area contributed by atoms with E-state index in [4.69, 9.17) is 9.47 Å². The van der Waals surface area contributed by atoms with E-state index >= 15 is 0 Å². The van der Waals surface area contributed by atoms with Crippen LogP contribution in [0.2, 0.25) is 0 Å². The normalized spacial score (nSPS) is 27.6. The van der Waals surface area contributed by atoms with Gasteiger partial charge in [-0.25, -0.2) is 4.79 Å². The first kappa shape index (κ1) is 30.7. The first-order valence-electron chi connectivity index (χ1n) is 13.5. The maximum Gasteiger partial charge on any atom is 0.408 e. The van der Waals surface area contributed by atoms with Crippen LogP contribution in [-0.2, 0) is 23.9 Å². The molecule has 8 nitrogen and oxygen atoms in total. The largest absolute Gasteiger partial charge is 0.466 e. The number of hydrogen-bond donors (Lipinski definition) is 2. The van der Waals surface area contributed by atoms with Crippen molar-refractivity contribution in [3.8, 4) is 0 Å². The molecule has 0 aromatic carbocycles. The molecule has 2 N–H and O–H groups in total. The lowest BCUT2D eigenvalue weighted by atomic mass is 9.81. The SMILES string of the molecule is C=CCCCCC[C@H](NC(=O)OC(C)(C)C)C(=O)C1C[C@@H](O)C[C@H]1C(=O)C[C@]1(C(=O)OCC)C[C@@H]1C=C. The van der Waals surface area contributed by atoms with Gasteiger partial charge in [-0.05, 0) is 72.1 Å². The second-order valence-corrected chi connectivity index (χ2v) is 11.4. The van der Waals surface area contributed by atoms with Gasteiger partial charge in [0, 0.05) is 18.3 Å². The highest BCUT2D eigenvalue weighted by atomic mass is 16.6. The average Bonchev–Trinajstić information content (AvgIpc) is 3.39. The van der Waals surface area contributed by atoms with Gasteiger partial charge in [-0.3, -0.25) is 14.4 Å². The molecule has 6 atom stereocenters. The lowest BCUT2D eigenvalue weighted by Gasteiger charge is -2.27. The predicted octanol–water partition coefficient (Wildman–Crippen LogP) is 4.69. The molecule has 0 saturated heterocycles. The Morgan fingerprint density at radius 2 is 1.78 bits per heavy atom. The van der Waals surface area contributed by atoms with Crippen LogP contribution in [0.1, 0.15) is 85.5 Å². The quantitative estimate of drug-likeness (QED) is 0.183. The standard InChI is InChI=1S/C29H45NO7/c1-7-10-11-12-13-14-23(30-27(35)37-28(4,5)6)25(33)22-16-20(31)15-21(22)24(32)18-29(17-19(29)8-2)26(34)36-9-3/h7-8,19-23,31H,1-2,9-18H2,3-6H3,(H,30,35)/t19-,20-,21+,22?,23-,29+/m0/s1. The Bertz CT molecular complexity index is 861. The molecule has 208 valence electrons. The van der Waals surface area contributed by atoms with Crippen LogP contribution in [0.5, 0.6) is 0 Å². The molecule has 2 saturated carbocycles. The van der Waals surface area contributed by atoms with Gasteiger partial charge in [0.2, 0.25) is 0 Å². The summed E-state index contributed by atoms with van der Waals surface area (Å²) in [6.07, 6.45) is 6.57. The third kappa shape index (κ3) is 8.52. The maximum atomic E-state index is 13.7. The Morgan fingerprint density at radius 3 is 2.35 bits per heavy atom. The molecule has 0 heterocycles. The lowest BCUT2D eigenvalue weighted by molar-refractivity contribution is -0.152. The van der Waals surface area contributed by atoms with Crippen LogP contribution in [0.25, 0.3) is 0 Å². The molecule has 37 heavy (non-hydrogen) atoms. The molecule has 8 heteroatoms. The molecule has 2 aliphatic rings. The van der Waals surface area contributed by atoms with Crippen molar-refractivity contribution in [1.82, 2.24) is 5.32 Å². The Balaban J connectivity index is 2.17. The molecule has 0 spiro atoms. The van der Waals surface area contributed by atoms with Crippen LogP contribution < -0.4 is 5.32 Å². The van der Waals surface area contributed by atoms with Gasteiger partial charge in [0.15, 0.2) is 5.78 Å². The number of alkyl carbamates (subject to hydrolysis) is 1. The van der Waals surface area contributed by atoms with Crippen LogP contribution in [0.4, 0.5) is 4.79 Å². The van der Waals surface area contributed by atoms with Crippen molar-refractivity contribution in [2.75, 3.05) is 6.61 Å². The van der Waals surface area contributed by atoms with Crippen molar-refractivity contribution in [3.05, 3.63) is 25.3 Å². The first-order valence-corrected chi connectivity index (χ1v) is 13.5. The van der Waals surface area contributed by atoms with E-state index in [2.05, 4.69) is 18.5 Å². The van der Waals surface area contributed by atoms with Gasteiger partial charge in [0.25, 0.3) is 0 Å². The van der Waals surface area contributed by atoms with Crippen molar-refractivity contribution in [1.29, 1.82) is 0 Å². The van der Waals surface area contributed by atoms with Gasteiger partial charge >= 0.3 is 12.1 Å². The summed E-state index contributed by atoms with van der Waals surface area (Å²) in [5.41, 5.74) is -1.66. The van der Waals surface area contributed by atoms with Crippen LogP contribution in [0, 0.1) is 23.2 Å². The molecule has 0 radical (unpaired) electrons. The molecule has 0 aliphatic heterocycles. The topological polar surface area (TPSA) is 119 Å². The zero-order valence-corrected chi connectivity index (χ0v) is 22.9. The Labute approximate surface area is 221 Å². The minimum absolute atomic E-state index is 0.0462. The molecule has 2 fully saturated rings. The van der Waals surface area contributed by atoms with E-state index in [0.717, 1.165) is 19.3 Å². The van der Waals surface area contributed by atoms with E-state index in [-0.39, 0.29) is 43.4 Å². The zero-order chi connectivity index (χ0) is 27.8. The van der Waals surface area contributed by atoms with E-state index in [1.165, 1.54) is 0 Å². The van der Waals surface area contributed by atoms with Gasteiger partial charge in [-0.15, -0.1) is 13.2 Å².